The Morgan fingerprint density at radius 3 is 1.96 bits per heavy atom. The molecule has 3 N–H and O–H groups in total. The Morgan fingerprint density at radius 1 is 1.12 bits per heavy atom. The first-order valence-electron chi connectivity index (χ1n) is 9.22. The van der Waals surface area contributed by atoms with Crippen molar-refractivity contribution in [3.8, 4) is 5.75 Å². The van der Waals surface area contributed by atoms with Crippen LogP contribution in [-0.4, -0.2) is 50.9 Å². The Hall–Kier alpha value is -1.59. The highest BCUT2D eigenvalue weighted by molar-refractivity contribution is 5.95. The zero-order valence-electron chi connectivity index (χ0n) is 17.1. The smallest absolute Gasteiger partial charge is 0.253 e. The van der Waals surface area contributed by atoms with Gasteiger partial charge in [0.1, 0.15) is 5.75 Å². The van der Waals surface area contributed by atoms with Crippen molar-refractivity contribution in [2.24, 2.45) is 0 Å². The second-order valence-electron chi connectivity index (χ2n) is 9.79. The van der Waals surface area contributed by atoms with Crippen molar-refractivity contribution in [1.82, 2.24) is 4.90 Å². The molecule has 0 unspecified atom stereocenters. The highest BCUT2D eigenvalue weighted by Gasteiger charge is 2.38. The molecule has 1 saturated heterocycles. The van der Waals surface area contributed by atoms with E-state index in [1.165, 1.54) is 0 Å². The van der Waals surface area contributed by atoms with Crippen molar-refractivity contribution < 1.29 is 20.1 Å². The maximum atomic E-state index is 13.1. The van der Waals surface area contributed by atoms with E-state index < -0.39 is 11.7 Å². The number of likely N-dealkylation sites (tertiary alicyclic amines) is 1. The minimum atomic E-state index is -1.17. The number of aromatic hydroxyl groups is 1. The SMILES string of the molecule is CC(C)(C)c1cc(C(=O)N2CC[C@@](C)(O)[C@@H](O)C2)cc(C(C)(C)C)c1O. The summed E-state index contributed by atoms with van der Waals surface area (Å²) in [6.07, 6.45) is -0.641. The van der Waals surface area contributed by atoms with E-state index in [0.29, 0.717) is 18.5 Å². The van der Waals surface area contributed by atoms with E-state index in [4.69, 9.17) is 0 Å². The number of hydrogen-bond acceptors (Lipinski definition) is 4. The second-order valence-corrected chi connectivity index (χ2v) is 9.79. The summed E-state index contributed by atoms with van der Waals surface area (Å²) < 4.78 is 0. The monoisotopic (exact) mass is 363 g/mol. The van der Waals surface area contributed by atoms with Gasteiger partial charge in [0.05, 0.1) is 11.7 Å². The van der Waals surface area contributed by atoms with Crippen LogP contribution in [0.25, 0.3) is 0 Å². The summed E-state index contributed by atoms with van der Waals surface area (Å²) in [4.78, 5) is 14.7. The molecule has 5 nitrogen and oxygen atoms in total. The van der Waals surface area contributed by atoms with E-state index in [1.807, 2.05) is 41.5 Å². The van der Waals surface area contributed by atoms with Gasteiger partial charge in [0, 0.05) is 29.8 Å². The quantitative estimate of drug-likeness (QED) is 0.717. The molecule has 0 aromatic heterocycles. The molecule has 0 saturated carbocycles. The van der Waals surface area contributed by atoms with Gasteiger partial charge in [-0.05, 0) is 36.3 Å². The van der Waals surface area contributed by atoms with Crippen LogP contribution in [0.2, 0.25) is 0 Å². The number of phenolic OH excluding ortho intramolecular Hbond substituents is 1. The van der Waals surface area contributed by atoms with Gasteiger partial charge in [0.25, 0.3) is 5.91 Å². The fraction of sp³-hybridized carbons (Fsp3) is 0.667. The van der Waals surface area contributed by atoms with Crippen LogP contribution >= 0.6 is 0 Å². The van der Waals surface area contributed by atoms with Gasteiger partial charge >= 0.3 is 0 Å². The van der Waals surface area contributed by atoms with Crippen molar-refractivity contribution in [2.75, 3.05) is 13.1 Å². The van der Waals surface area contributed by atoms with Crippen molar-refractivity contribution in [3.05, 3.63) is 28.8 Å². The van der Waals surface area contributed by atoms with Gasteiger partial charge < -0.3 is 20.2 Å². The number of amides is 1. The molecule has 0 radical (unpaired) electrons. The van der Waals surface area contributed by atoms with Gasteiger partial charge in [-0.25, -0.2) is 0 Å². The normalized spacial score (nSPS) is 24.7. The topological polar surface area (TPSA) is 81.0 Å². The van der Waals surface area contributed by atoms with E-state index in [0.717, 1.165) is 11.1 Å². The molecule has 0 bridgehead atoms. The standard InChI is InChI=1S/C21H33NO4/c1-19(2,3)14-10-13(11-15(17(14)24)20(4,5)6)18(25)22-9-8-21(7,26)16(23)12-22/h10-11,16,23-24,26H,8-9,12H2,1-7H3/t16-,21+/m0/s1. The molecule has 1 aliphatic rings. The molecule has 2 atom stereocenters. The summed E-state index contributed by atoms with van der Waals surface area (Å²) in [7, 11) is 0. The molecule has 1 aromatic rings. The summed E-state index contributed by atoms with van der Waals surface area (Å²) in [5, 5.41) is 31.1. The molecule has 146 valence electrons. The summed E-state index contributed by atoms with van der Waals surface area (Å²) in [5.74, 6) is 0.0544. The fourth-order valence-corrected chi connectivity index (χ4v) is 3.29. The van der Waals surface area contributed by atoms with Crippen LogP contribution in [0.15, 0.2) is 12.1 Å². The summed E-state index contributed by atoms with van der Waals surface area (Å²) in [6, 6.07) is 3.51. The van der Waals surface area contributed by atoms with Crippen LogP contribution in [0, 0.1) is 0 Å². The molecular formula is C21H33NO4. The lowest BCUT2D eigenvalue weighted by Gasteiger charge is -2.40. The van der Waals surface area contributed by atoms with Crippen LogP contribution in [0.1, 0.15) is 76.4 Å². The van der Waals surface area contributed by atoms with E-state index >= 15 is 0 Å². The zero-order chi connectivity index (χ0) is 20.1. The second kappa shape index (κ2) is 6.54. The van der Waals surface area contributed by atoms with Crippen LogP contribution in [-0.2, 0) is 10.8 Å². The van der Waals surface area contributed by atoms with Gasteiger partial charge in [0.2, 0.25) is 0 Å². The fourth-order valence-electron chi connectivity index (χ4n) is 3.29. The lowest BCUT2D eigenvalue weighted by molar-refractivity contribution is -0.0999. The molecule has 26 heavy (non-hydrogen) atoms. The highest BCUT2D eigenvalue weighted by atomic mass is 16.3. The number of piperidine rings is 1. The lowest BCUT2D eigenvalue weighted by Crippen LogP contribution is -2.55. The number of β-amino-alcohol motifs (C(OH)–C–C–N with tert-alkyl or cyclic N) is 1. The van der Waals surface area contributed by atoms with Gasteiger partial charge in [-0.3, -0.25) is 4.79 Å². The predicted octanol–water partition coefficient (Wildman–Crippen LogP) is 2.95. The Morgan fingerprint density at radius 2 is 1.58 bits per heavy atom. The molecule has 1 heterocycles. The molecule has 1 aliphatic heterocycles. The number of nitrogens with zero attached hydrogens (tertiary/aromatic N) is 1. The number of carbonyl (C=O) groups is 1. The maximum Gasteiger partial charge on any atom is 0.253 e. The van der Waals surface area contributed by atoms with E-state index in [9.17, 15) is 20.1 Å². The minimum absolute atomic E-state index is 0.0996. The Labute approximate surface area is 156 Å². The first-order valence-corrected chi connectivity index (χ1v) is 9.22. The van der Waals surface area contributed by atoms with Crippen molar-refractivity contribution in [2.45, 2.75) is 77.4 Å². The molecule has 0 aliphatic carbocycles. The molecule has 1 fully saturated rings. The van der Waals surface area contributed by atoms with Crippen molar-refractivity contribution in [3.63, 3.8) is 0 Å². The summed E-state index contributed by atoms with van der Waals surface area (Å²) in [6.45, 7) is 14.1. The first kappa shape index (κ1) is 20.7. The Kier molecular flexibility index (Phi) is 5.21. The van der Waals surface area contributed by atoms with E-state index in [1.54, 1.807) is 24.0 Å². The third-order valence-electron chi connectivity index (χ3n) is 5.26. The summed E-state index contributed by atoms with van der Waals surface area (Å²) >= 11 is 0. The Balaban J connectivity index is 2.48. The van der Waals surface area contributed by atoms with Gasteiger partial charge in [-0.2, -0.15) is 0 Å². The lowest BCUT2D eigenvalue weighted by atomic mass is 9.78. The number of rotatable bonds is 1. The molecule has 1 amide bonds. The van der Waals surface area contributed by atoms with Crippen molar-refractivity contribution in [1.29, 1.82) is 0 Å². The van der Waals surface area contributed by atoms with E-state index in [2.05, 4.69) is 0 Å². The van der Waals surface area contributed by atoms with Crippen LogP contribution in [0.3, 0.4) is 0 Å². The highest BCUT2D eigenvalue weighted by Crippen LogP contribution is 2.40. The van der Waals surface area contributed by atoms with E-state index in [-0.39, 0.29) is 29.0 Å². The number of benzene rings is 1. The third-order valence-corrected chi connectivity index (χ3v) is 5.26. The van der Waals surface area contributed by atoms with Crippen LogP contribution in [0.5, 0.6) is 5.75 Å². The average Bonchev–Trinajstić information content (AvgIpc) is 2.47. The van der Waals surface area contributed by atoms with Gasteiger partial charge in [-0.1, -0.05) is 41.5 Å². The third kappa shape index (κ3) is 4.04. The number of carbonyl (C=O) groups excluding carboxylic acids is 1. The minimum Gasteiger partial charge on any atom is -0.507 e. The first-order chi connectivity index (χ1) is 11.6. The molecule has 2 rings (SSSR count). The van der Waals surface area contributed by atoms with Crippen LogP contribution in [0.4, 0.5) is 0 Å². The molecule has 1 aromatic carbocycles. The van der Waals surface area contributed by atoms with Gasteiger partial charge in [0.15, 0.2) is 0 Å². The predicted molar refractivity (Wildman–Crippen MR) is 103 cm³/mol. The number of aliphatic hydroxyl groups excluding tert-OH is 1. The summed E-state index contributed by atoms with van der Waals surface area (Å²) in [5.41, 5.74) is 0.178. The largest absolute Gasteiger partial charge is 0.507 e. The van der Waals surface area contributed by atoms with Gasteiger partial charge in [-0.15, -0.1) is 0 Å². The molecule has 0 spiro atoms. The Bertz CT molecular complexity index is 660. The number of phenols is 1. The zero-order valence-corrected chi connectivity index (χ0v) is 17.1. The average molecular weight is 363 g/mol. The molecule has 5 heteroatoms. The van der Waals surface area contributed by atoms with Crippen LogP contribution < -0.4 is 0 Å². The maximum absolute atomic E-state index is 13.1. The van der Waals surface area contributed by atoms with Crippen molar-refractivity contribution >= 4 is 5.91 Å². The number of hydrogen-bond donors (Lipinski definition) is 3. The molecular weight excluding hydrogens is 330 g/mol. The number of aliphatic hydroxyl groups is 2.